The van der Waals surface area contributed by atoms with Gasteiger partial charge >= 0.3 is 0 Å². The fourth-order valence-corrected chi connectivity index (χ4v) is 5.08. The molecule has 0 bridgehead atoms. The summed E-state index contributed by atoms with van der Waals surface area (Å²) in [6, 6.07) is 16.9. The minimum absolute atomic E-state index is 0.0693. The molecule has 5 nitrogen and oxygen atoms in total. The highest BCUT2D eigenvalue weighted by Gasteiger charge is 2.30. The molecule has 1 fully saturated rings. The Morgan fingerprint density at radius 2 is 2.03 bits per heavy atom. The molecule has 31 heavy (non-hydrogen) atoms. The molecule has 1 aromatic heterocycles. The Hall–Kier alpha value is -2.18. The van der Waals surface area contributed by atoms with E-state index in [1.54, 1.807) is 0 Å². The first kappa shape index (κ1) is 22.0. The van der Waals surface area contributed by atoms with Crippen LogP contribution in [0.2, 0.25) is 0 Å². The van der Waals surface area contributed by atoms with Gasteiger partial charge < -0.3 is 4.90 Å². The lowest BCUT2D eigenvalue weighted by molar-refractivity contribution is -0.139. The second-order valence-electron chi connectivity index (χ2n) is 8.62. The summed E-state index contributed by atoms with van der Waals surface area (Å²) < 4.78 is 3.29. The molecule has 1 atom stereocenters. The Labute approximate surface area is 193 Å². The number of piperidine rings is 1. The summed E-state index contributed by atoms with van der Waals surface area (Å²) in [6.45, 7) is 9.57. The largest absolute Gasteiger partial charge is 0.340 e. The molecule has 1 aliphatic heterocycles. The number of hydrogen-bond donors (Lipinski definition) is 0. The molecule has 4 rings (SSSR count). The first-order chi connectivity index (χ1) is 15.0. The number of hydrogen-bond acceptors (Lipinski definition) is 3. The predicted molar refractivity (Wildman–Crippen MR) is 129 cm³/mol. The number of benzene rings is 2. The number of nitrogens with zero attached hydrogens (tertiary/aromatic N) is 4. The molecule has 1 saturated heterocycles. The SMILES string of the molecule is CCN(C(=O)[C@H]1CCCN(Cc2nc3ccccc3n2-c2cccc(Br)c2)C1)C(C)C. The second kappa shape index (κ2) is 9.53. The minimum Gasteiger partial charge on any atom is -0.340 e. The number of carbonyl (C=O) groups excluding carboxylic acids is 1. The van der Waals surface area contributed by atoms with Gasteiger partial charge in [0.15, 0.2) is 0 Å². The van der Waals surface area contributed by atoms with Gasteiger partial charge in [-0.1, -0.05) is 34.1 Å². The fraction of sp³-hybridized carbons (Fsp3) is 0.440. The third-order valence-corrected chi connectivity index (χ3v) is 6.66. The number of halogens is 1. The van der Waals surface area contributed by atoms with Gasteiger partial charge in [0.2, 0.25) is 5.91 Å². The van der Waals surface area contributed by atoms with Crippen molar-refractivity contribution in [2.24, 2.45) is 5.92 Å². The number of imidazole rings is 1. The van der Waals surface area contributed by atoms with Crippen molar-refractivity contribution in [3.05, 3.63) is 58.8 Å². The third kappa shape index (κ3) is 4.70. The first-order valence-corrected chi connectivity index (χ1v) is 12.0. The normalized spacial score (nSPS) is 17.4. The maximum absolute atomic E-state index is 13.1. The van der Waals surface area contributed by atoms with Crippen LogP contribution in [-0.4, -0.2) is 50.9 Å². The zero-order valence-electron chi connectivity index (χ0n) is 18.6. The van der Waals surface area contributed by atoms with Crippen LogP contribution in [0.1, 0.15) is 39.4 Å². The molecular formula is C25H31BrN4O. The van der Waals surface area contributed by atoms with Crippen molar-refractivity contribution in [1.82, 2.24) is 19.4 Å². The van der Waals surface area contributed by atoms with E-state index in [1.807, 2.05) is 17.0 Å². The van der Waals surface area contributed by atoms with Crippen LogP contribution in [0.5, 0.6) is 0 Å². The minimum atomic E-state index is 0.0693. The van der Waals surface area contributed by atoms with Crippen molar-refractivity contribution in [2.75, 3.05) is 19.6 Å². The van der Waals surface area contributed by atoms with Crippen molar-refractivity contribution >= 4 is 32.9 Å². The molecule has 2 aromatic carbocycles. The van der Waals surface area contributed by atoms with Gasteiger partial charge in [0.25, 0.3) is 0 Å². The van der Waals surface area contributed by atoms with E-state index in [-0.39, 0.29) is 12.0 Å². The zero-order valence-corrected chi connectivity index (χ0v) is 20.2. The van der Waals surface area contributed by atoms with E-state index in [2.05, 4.69) is 82.6 Å². The molecular weight excluding hydrogens is 452 g/mol. The molecule has 164 valence electrons. The highest BCUT2D eigenvalue weighted by atomic mass is 79.9. The smallest absolute Gasteiger partial charge is 0.227 e. The number of fused-ring (bicyclic) bond motifs is 1. The van der Waals surface area contributed by atoms with Gasteiger partial charge in [-0.15, -0.1) is 0 Å². The highest BCUT2D eigenvalue weighted by Crippen LogP contribution is 2.26. The average molecular weight is 483 g/mol. The van der Waals surface area contributed by atoms with Gasteiger partial charge in [-0.2, -0.15) is 0 Å². The molecule has 0 spiro atoms. The van der Waals surface area contributed by atoms with Crippen LogP contribution < -0.4 is 0 Å². The number of rotatable bonds is 6. The van der Waals surface area contributed by atoms with E-state index >= 15 is 0 Å². The standard InChI is InChI=1S/C25H31BrN4O/c1-4-29(18(2)3)25(31)19-9-8-14-28(16-19)17-24-27-22-12-5-6-13-23(22)30(24)21-11-7-10-20(26)15-21/h5-7,10-13,15,18-19H,4,8-9,14,16-17H2,1-3H3/t19-/m0/s1. The average Bonchev–Trinajstić information content (AvgIpc) is 3.12. The van der Waals surface area contributed by atoms with Crippen molar-refractivity contribution in [3.63, 3.8) is 0 Å². The van der Waals surface area contributed by atoms with Crippen LogP contribution >= 0.6 is 15.9 Å². The molecule has 0 saturated carbocycles. The van der Waals surface area contributed by atoms with Crippen LogP contribution in [0.3, 0.4) is 0 Å². The highest BCUT2D eigenvalue weighted by molar-refractivity contribution is 9.10. The molecule has 0 radical (unpaired) electrons. The lowest BCUT2D eigenvalue weighted by Gasteiger charge is -2.36. The Kier molecular flexibility index (Phi) is 6.77. The number of para-hydroxylation sites is 2. The van der Waals surface area contributed by atoms with Crippen LogP contribution in [0.4, 0.5) is 0 Å². The zero-order chi connectivity index (χ0) is 22.0. The summed E-state index contributed by atoms with van der Waals surface area (Å²) in [5.74, 6) is 1.38. The molecule has 0 aliphatic carbocycles. The summed E-state index contributed by atoms with van der Waals surface area (Å²) in [7, 11) is 0. The lowest BCUT2D eigenvalue weighted by Crippen LogP contribution is -2.46. The summed E-state index contributed by atoms with van der Waals surface area (Å²) in [4.78, 5) is 22.5. The number of carbonyl (C=O) groups is 1. The molecule has 1 aliphatic rings. The second-order valence-corrected chi connectivity index (χ2v) is 9.54. The fourth-order valence-electron chi connectivity index (χ4n) is 4.70. The maximum Gasteiger partial charge on any atom is 0.227 e. The molecule has 0 N–H and O–H groups in total. The van der Waals surface area contributed by atoms with Crippen LogP contribution in [0.25, 0.3) is 16.7 Å². The summed E-state index contributed by atoms with van der Waals surface area (Å²) in [5.41, 5.74) is 3.20. The molecule has 6 heteroatoms. The molecule has 1 amide bonds. The van der Waals surface area contributed by atoms with Gasteiger partial charge in [0.05, 0.1) is 23.5 Å². The topological polar surface area (TPSA) is 41.4 Å². The van der Waals surface area contributed by atoms with Gasteiger partial charge in [0, 0.05) is 29.3 Å². The van der Waals surface area contributed by atoms with Crippen LogP contribution in [0.15, 0.2) is 53.0 Å². The lowest BCUT2D eigenvalue weighted by atomic mass is 9.96. The quantitative estimate of drug-likeness (QED) is 0.481. The van der Waals surface area contributed by atoms with Crippen LogP contribution in [0, 0.1) is 5.92 Å². The number of likely N-dealkylation sites (tertiary alicyclic amines) is 1. The van der Waals surface area contributed by atoms with Gasteiger partial charge in [-0.3, -0.25) is 14.3 Å². The summed E-state index contributed by atoms with van der Waals surface area (Å²) in [6.07, 6.45) is 2.02. The third-order valence-electron chi connectivity index (χ3n) is 6.16. The van der Waals surface area contributed by atoms with Gasteiger partial charge in [-0.05, 0) is 70.5 Å². The van der Waals surface area contributed by atoms with E-state index in [9.17, 15) is 4.79 Å². The summed E-state index contributed by atoms with van der Waals surface area (Å²) in [5, 5.41) is 0. The van der Waals surface area contributed by atoms with Gasteiger partial charge in [0.1, 0.15) is 5.82 Å². The van der Waals surface area contributed by atoms with E-state index in [0.717, 1.165) is 66.0 Å². The molecule has 2 heterocycles. The molecule has 3 aromatic rings. The van der Waals surface area contributed by atoms with Crippen molar-refractivity contribution in [2.45, 2.75) is 46.2 Å². The molecule has 0 unspecified atom stereocenters. The van der Waals surface area contributed by atoms with E-state index in [4.69, 9.17) is 4.98 Å². The van der Waals surface area contributed by atoms with E-state index in [1.165, 1.54) is 0 Å². The Morgan fingerprint density at radius 1 is 1.23 bits per heavy atom. The predicted octanol–water partition coefficient (Wildman–Crippen LogP) is 5.26. The van der Waals surface area contributed by atoms with Gasteiger partial charge in [-0.25, -0.2) is 4.98 Å². The Morgan fingerprint density at radius 3 is 2.77 bits per heavy atom. The monoisotopic (exact) mass is 482 g/mol. The van der Waals surface area contributed by atoms with Crippen molar-refractivity contribution < 1.29 is 4.79 Å². The first-order valence-electron chi connectivity index (χ1n) is 11.2. The van der Waals surface area contributed by atoms with E-state index < -0.39 is 0 Å². The van der Waals surface area contributed by atoms with Crippen molar-refractivity contribution in [1.29, 1.82) is 0 Å². The Bertz CT molecular complexity index is 1060. The van der Waals surface area contributed by atoms with Crippen LogP contribution in [-0.2, 0) is 11.3 Å². The number of amides is 1. The maximum atomic E-state index is 13.1. The number of aromatic nitrogens is 2. The van der Waals surface area contributed by atoms with E-state index in [0.29, 0.717) is 5.91 Å². The Balaban J connectivity index is 1.61. The summed E-state index contributed by atoms with van der Waals surface area (Å²) >= 11 is 3.60. The van der Waals surface area contributed by atoms with Crippen molar-refractivity contribution in [3.8, 4) is 5.69 Å².